The van der Waals surface area contributed by atoms with Crippen LogP contribution in [0.25, 0.3) is 0 Å². The minimum atomic E-state index is -0.624. The van der Waals surface area contributed by atoms with Crippen molar-refractivity contribution in [3.8, 4) is 5.75 Å². The molecule has 5 nitrogen and oxygen atoms in total. The van der Waals surface area contributed by atoms with Gasteiger partial charge in [0.05, 0.1) is 13.7 Å². The molecule has 0 radical (unpaired) electrons. The van der Waals surface area contributed by atoms with Gasteiger partial charge in [-0.1, -0.05) is 6.42 Å². The molecule has 22 heavy (non-hydrogen) atoms. The van der Waals surface area contributed by atoms with Gasteiger partial charge in [-0.25, -0.2) is 4.79 Å². The highest BCUT2D eigenvalue weighted by molar-refractivity contribution is 5.91. The van der Waals surface area contributed by atoms with Crippen molar-refractivity contribution in [1.82, 2.24) is 0 Å². The number of nitrogens with one attached hydrogen (secondary N) is 1. The first kappa shape index (κ1) is 16.3. The molecule has 5 heteroatoms. The first-order valence-corrected chi connectivity index (χ1v) is 7.75. The van der Waals surface area contributed by atoms with Crippen molar-refractivity contribution in [2.45, 2.75) is 38.6 Å². The highest BCUT2D eigenvalue weighted by atomic mass is 16.5. The number of hydrogen-bond acceptors (Lipinski definition) is 5. The van der Waals surface area contributed by atoms with Crippen molar-refractivity contribution in [2.75, 3.05) is 19.0 Å². The molecule has 1 saturated carbocycles. The van der Waals surface area contributed by atoms with Gasteiger partial charge in [-0.05, 0) is 44.0 Å². The third kappa shape index (κ3) is 4.00. The lowest BCUT2D eigenvalue weighted by atomic mass is 9.82. The largest absolute Gasteiger partial charge is 0.497 e. The van der Waals surface area contributed by atoms with Gasteiger partial charge in [0.15, 0.2) is 0 Å². The molecule has 0 aliphatic heterocycles. The van der Waals surface area contributed by atoms with Crippen LogP contribution in [-0.2, 0) is 14.3 Å². The maximum absolute atomic E-state index is 12.3. The van der Waals surface area contributed by atoms with E-state index in [1.807, 2.05) is 24.3 Å². The summed E-state index contributed by atoms with van der Waals surface area (Å²) >= 11 is 0. The number of anilines is 1. The van der Waals surface area contributed by atoms with Crippen LogP contribution in [0.15, 0.2) is 24.3 Å². The van der Waals surface area contributed by atoms with Gasteiger partial charge in [-0.3, -0.25) is 4.79 Å². The number of hydrogen-bond donors (Lipinski definition) is 1. The zero-order valence-corrected chi connectivity index (χ0v) is 13.1. The van der Waals surface area contributed by atoms with Crippen LogP contribution in [0.4, 0.5) is 5.69 Å². The van der Waals surface area contributed by atoms with E-state index >= 15 is 0 Å². The summed E-state index contributed by atoms with van der Waals surface area (Å²) in [6.07, 6.45) is 3.15. The van der Waals surface area contributed by atoms with Gasteiger partial charge < -0.3 is 14.8 Å². The van der Waals surface area contributed by atoms with Crippen molar-refractivity contribution in [3.05, 3.63) is 24.3 Å². The van der Waals surface area contributed by atoms with Gasteiger partial charge in [0.1, 0.15) is 17.6 Å². The molecule has 1 N–H and O–H groups in total. The van der Waals surface area contributed by atoms with Crippen molar-refractivity contribution in [1.29, 1.82) is 0 Å². The molecule has 0 unspecified atom stereocenters. The number of methoxy groups -OCH3 is 1. The van der Waals surface area contributed by atoms with Crippen molar-refractivity contribution in [2.24, 2.45) is 5.92 Å². The van der Waals surface area contributed by atoms with E-state index in [2.05, 4.69) is 5.32 Å². The lowest BCUT2D eigenvalue weighted by Crippen LogP contribution is -2.43. The Morgan fingerprint density at radius 2 is 2.05 bits per heavy atom. The smallest absolute Gasteiger partial charge is 0.329 e. The molecule has 2 atom stereocenters. The van der Waals surface area contributed by atoms with Crippen LogP contribution < -0.4 is 10.1 Å². The lowest BCUT2D eigenvalue weighted by molar-refractivity contribution is -0.147. The number of rotatable bonds is 6. The van der Waals surface area contributed by atoms with Crippen LogP contribution in [0.5, 0.6) is 5.75 Å². The Balaban J connectivity index is 2.15. The molecular formula is C17H23NO4. The fourth-order valence-electron chi connectivity index (χ4n) is 2.79. The number of ether oxygens (including phenoxy) is 2. The van der Waals surface area contributed by atoms with E-state index < -0.39 is 6.04 Å². The first-order valence-electron chi connectivity index (χ1n) is 7.75. The normalized spacial score (nSPS) is 19.4. The summed E-state index contributed by atoms with van der Waals surface area (Å²) in [5.41, 5.74) is 0.775. The zero-order valence-electron chi connectivity index (χ0n) is 13.1. The van der Waals surface area contributed by atoms with Gasteiger partial charge in [0, 0.05) is 18.0 Å². The summed E-state index contributed by atoms with van der Waals surface area (Å²) in [4.78, 5) is 24.4. The molecule has 1 fully saturated rings. The maximum Gasteiger partial charge on any atom is 0.329 e. The predicted molar refractivity (Wildman–Crippen MR) is 84.0 cm³/mol. The Bertz CT molecular complexity index is 512. The minimum Gasteiger partial charge on any atom is -0.497 e. The topological polar surface area (TPSA) is 64.6 Å². The van der Waals surface area contributed by atoms with Crippen LogP contribution in [0, 0.1) is 5.92 Å². The fourth-order valence-corrected chi connectivity index (χ4v) is 2.79. The molecule has 1 aromatic carbocycles. The van der Waals surface area contributed by atoms with Crippen LogP contribution in [-0.4, -0.2) is 31.5 Å². The highest BCUT2D eigenvalue weighted by Crippen LogP contribution is 2.27. The van der Waals surface area contributed by atoms with Gasteiger partial charge in [-0.15, -0.1) is 0 Å². The first-order chi connectivity index (χ1) is 10.7. The summed E-state index contributed by atoms with van der Waals surface area (Å²) in [5.74, 6) is 0.214. The maximum atomic E-state index is 12.3. The predicted octanol–water partition coefficient (Wildman–Crippen LogP) is 2.80. The second kappa shape index (κ2) is 7.82. The summed E-state index contributed by atoms with van der Waals surface area (Å²) in [6, 6.07) is 6.66. The van der Waals surface area contributed by atoms with E-state index in [4.69, 9.17) is 9.47 Å². The van der Waals surface area contributed by atoms with Gasteiger partial charge in [0.2, 0.25) is 0 Å². The van der Waals surface area contributed by atoms with Gasteiger partial charge >= 0.3 is 5.97 Å². The molecule has 2 rings (SSSR count). The molecule has 0 aromatic heterocycles. The van der Waals surface area contributed by atoms with E-state index in [0.29, 0.717) is 13.0 Å². The zero-order chi connectivity index (χ0) is 15.9. The van der Waals surface area contributed by atoms with E-state index in [1.165, 1.54) is 0 Å². The lowest BCUT2D eigenvalue weighted by Gasteiger charge is -2.29. The van der Waals surface area contributed by atoms with E-state index in [1.54, 1.807) is 14.0 Å². The average molecular weight is 305 g/mol. The van der Waals surface area contributed by atoms with Crippen molar-refractivity contribution < 1.29 is 19.1 Å². The number of ketones is 1. The van der Waals surface area contributed by atoms with Crippen LogP contribution >= 0.6 is 0 Å². The molecule has 0 spiro atoms. The molecule has 0 saturated heterocycles. The number of Topliss-reactive ketones (excluding diaryl/α,β-unsaturated/α-hetero) is 1. The summed E-state index contributed by atoms with van der Waals surface area (Å²) in [7, 11) is 1.60. The van der Waals surface area contributed by atoms with Crippen molar-refractivity contribution in [3.63, 3.8) is 0 Å². The standard InChI is InChI=1S/C17H23NO4/c1-3-22-17(20)16(14-6-4-5-7-15(14)19)18-12-8-10-13(21-2)11-9-12/h8-11,14,16,18H,3-7H2,1-2H3/t14-,16-/m1/s1. The third-order valence-corrected chi connectivity index (χ3v) is 3.96. The molecular weight excluding hydrogens is 282 g/mol. The Hall–Kier alpha value is -2.04. The van der Waals surface area contributed by atoms with Crippen molar-refractivity contribution >= 4 is 17.4 Å². The van der Waals surface area contributed by atoms with Crippen LogP contribution in [0.3, 0.4) is 0 Å². The van der Waals surface area contributed by atoms with E-state index in [-0.39, 0.29) is 17.7 Å². The summed E-state index contributed by atoms with van der Waals surface area (Å²) in [6.45, 7) is 2.07. The molecule has 0 amide bonds. The molecule has 1 aromatic rings. The molecule has 120 valence electrons. The number of carbonyl (C=O) groups excluding carboxylic acids is 2. The Labute approximate surface area is 131 Å². The number of benzene rings is 1. The second-order valence-electron chi connectivity index (χ2n) is 5.42. The quantitative estimate of drug-likeness (QED) is 0.819. The number of carbonyl (C=O) groups is 2. The monoisotopic (exact) mass is 305 g/mol. The highest BCUT2D eigenvalue weighted by Gasteiger charge is 2.35. The Kier molecular flexibility index (Phi) is 5.81. The van der Waals surface area contributed by atoms with Crippen LogP contribution in [0.1, 0.15) is 32.6 Å². The molecule has 0 heterocycles. The minimum absolute atomic E-state index is 0.144. The molecule has 1 aliphatic rings. The average Bonchev–Trinajstić information content (AvgIpc) is 2.54. The SMILES string of the molecule is CCOC(=O)[C@H](Nc1ccc(OC)cc1)[C@@H]1CCCCC1=O. The fraction of sp³-hybridized carbons (Fsp3) is 0.529. The summed E-state index contributed by atoms with van der Waals surface area (Å²) < 4.78 is 10.3. The van der Waals surface area contributed by atoms with Gasteiger partial charge in [0.25, 0.3) is 0 Å². The van der Waals surface area contributed by atoms with E-state index in [9.17, 15) is 9.59 Å². The molecule has 1 aliphatic carbocycles. The van der Waals surface area contributed by atoms with Gasteiger partial charge in [-0.2, -0.15) is 0 Å². The number of esters is 1. The Morgan fingerprint density at radius 1 is 1.32 bits per heavy atom. The van der Waals surface area contributed by atoms with Crippen LogP contribution in [0.2, 0.25) is 0 Å². The van der Waals surface area contributed by atoms with E-state index in [0.717, 1.165) is 30.7 Å². The second-order valence-corrected chi connectivity index (χ2v) is 5.42. The Morgan fingerprint density at radius 3 is 2.64 bits per heavy atom. The third-order valence-electron chi connectivity index (χ3n) is 3.96. The molecule has 0 bridgehead atoms. The summed E-state index contributed by atoms with van der Waals surface area (Å²) in [5, 5.41) is 3.16.